The average molecular weight is 278 g/mol. The van der Waals surface area contributed by atoms with Gasteiger partial charge in [-0.25, -0.2) is 0 Å². The van der Waals surface area contributed by atoms with Crippen molar-refractivity contribution in [2.24, 2.45) is 0 Å². The van der Waals surface area contributed by atoms with Gasteiger partial charge < -0.3 is 5.32 Å². The Morgan fingerprint density at radius 1 is 1.05 bits per heavy atom. The van der Waals surface area contributed by atoms with Gasteiger partial charge in [0.25, 0.3) is 0 Å². The molecule has 0 bridgehead atoms. The number of fused-ring (bicyclic) bond motifs is 3. The number of nitrogens with zero attached hydrogens (tertiary/aromatic N) is 1. The summed E-state index contributed by atoms with van der Waals surface area (Å²) in [5.41, 5.74) is 3.46. The topological polar surface area (TPSA) is 24.9 Å². The molecule has 108 valence electrons. The minimum atomic E-state index is 0.426. The molecule has 1 aromatic heterocycles. The predicted molar refractivity (Wildman–Crippen MR) is 92.1 cm³/mol. The summed E-state index contributed by atoms with van der Waals surface area (Å²) in [6.45, 7) is 7.57. The monoisotopic (exact) mass is 278 g/mol. The van der Waals surface area contributed by atoms with Gasteiger partial charge in [-0.1, -0.05) is 57.2 Å². The number of nitrogens with one attached hydrogen (secondary N) is 1. The standard InChI is InChI=1S/C19H22N2/c1-4-11-20-18-12-17(13(2)3)21-19-15-8-6-5-7-14(15)9-10-16(18)19/h5-10,12-13H,4,11H2,1-3H3,(H,20,21). The van der Waals surface area contributed by atoms with Gasteiger partial charge in [-0.2, -0.15) is 0 Å². The highest BCUT2D eigenvalue weighted by Crippen LogP contribution is 2.31. The summed E-state index contributed by atoms with van der Waals surface area (Å²) in [4.78, 5) is 4.93. The third kappa shape index (κ3) is 2.58. The van der Waals surface area contributed by atoms with Crippen molar-refractivity contribution in [1.82, 2.24) is 4.98 Å². The van der Waals surface area contributed by atoms with E-state index in [1.165, 1.54) is 21.8 Å². The van der Waals surface area contributed by atoms with E-state index in [1.807, 2.05) is 0 Å². The third-order valence-corrected chi connectivity index (χ3v) is 3.88. The van der Waals surface area contributed by atoms with E-state index in [9.17, 15) is 0 Å². The maximum atomic E-state index is 4.93. The summed E-state index contributed by atoms with van der Waals surface area (Å²) in [5, 5.41) is 7.25. The quantitative estimate of drug-likeness (QED) is 0.652. The Kier molecular flexibility index (Phi) is 3.78. The molecule has 2 heteroatoms. The van der Waals surface area contributed by atoms with Crippen LogP contribution in [-0.4, -0.2) is 11.5 Å². The molecule has 0 aliphatic rings. The molecular weight excluding hydrogens is 256 g/mol. The van der Waals surface area contributed by atoms with Crippen LogP contribution in [-0.2, 0) is 0 Å². The van der Waals surface area contributed by atoms with Crippen molar-refractivity contribution in [3.63, 3.8) is 0 Å². The van der Waals surface area contributed by atoms with Crippen LogP contribution < -0.4 is 5.32 Å². The highest BCUT2D eigenvalue weighted by molar-refractivity contribution is 6.09. The zero-order valence-corrected chi connectivity index (χ0v) is 13.0. The molecule has 0 unspecified atom stereocenters. The van der Waals surface area contributed by atoms with Crippen LogP contribution in [0.5, 0.6) is 0 Å². The number of pyridine rings is 1. The van der Waals surface area contributed by atoms with E-state index >= 15 is 0 Å². The van der Waals surface area contributed by atoms with Gasteiger partial charge in [0.05, 0.1) is 5.52 Å². The van der Waals surface area contributed by atoms with Crippen LogP contribution in [0.1, 0.15) is 38.8 Å². The van der Waals surface area contributed by atoms with Crippen molar-refractivity contribution >= 4 is 27.4 Å². The van der Waals surface area contributed by atoms with Gasteiger partial charge in [0.15, 0.2) is 0 Å². The number of anilines is 1. The molecule has 2 aromatic carbocycles. The van der Waals surface area contributed by atoms with E-state index in [-0.39, 0.29) is 0 Å². The Morgan fingerprint density at radius 3 is 2.62 bits per heavy atom. The molecule has 2 nitrogen and oxygen atoms in total. The fourth-order valence-corrected chi connectivity index (χ4v) is 2.68. The molecule has 0 amide bonds. The lowest BCUT2D eigenvalue weighted by molar-refractivity contribution is 0.830. The Bertz CT molecular complexity index is 775. The van der Waals surface area contributed by atoms with Crippen LogP contribution in [0.4, 0.5) is 5.69 Å². The normalized spacial score (nSPS) is 11.4. The number of hydrogen-bond donors (Lipinski definition) is 1. The van der Waals surface area contributed by atoms with Crippen LogP contribution in [0.2, 0.25) is 0 Å². The lowest BCUT2D eigenvalue weighted by Gasteiger charge is -2.14. The fourth-order valence-electron chi connectivity index (χ4n) is 2.68. The number of rotatable bonds is 4. The molecule has 0 atom stereocenters. The van der Waals surface area contributed by atoms with Crippen molar-refractivity contribution in [3.05, 3.63) is 48.2 Å². The van der Waals surface area contributed by atoms with E-state index < -0.39 is 0 Å². The highest BCUT2D eigenvalue weighted by atomic mass is 14.9. The second kappa shape index (κ2) is 5.72. The largest absolute Gasteiger partial charge is 0.384 e. The maximum Gasteiger partial charge on any atom is 0.0804 e. The van der Waals surface area contributed by atoms with Crippen LogP contribution in [0, 0.1) is 0 Å². The molecule has 21 heavy (non-hydrogen) atoms. The highest BCUT2D eigenvalue weighted by Gasteiger charge is 2.10. The van der Waals surface area contributed by atoms with Crippen LogP contribution >= 0.6 is 0 Å². The Morgan fingerprint density at radius 2 is 1.86 bits per heavy atom. The van der Waals surface area contributed by atoms with E-state index in [4.69, 9.17) is 4.98 Å². The second-order valence-electron chi connectivity index (χ2n) is 5.86. The molecule has 3 rings (SSSR count). The van der Waals surface area contributed by atoms with Gasteiger partial charge in [0, 0.05) is 28.7 Å². The van der Waals surface area contributed by atoms with Gasteiger partial charge in [0.2, 0.25) is 0 Å². The van der Waals surface area contributed by atoms with Gasteiger partial charge in [-0.05, 0) is 23.8 Å². The number of hydrogen-bond acceptors (Lipinski definition) is 2. The molecule has 1 heterocycles. The minimum absolute atomic E-state index is 0.426. The van der Waals surface area contributed by atoms with Gasteiger partial charge in [-0.15, -0.1) is 0 Å². The van der Waals surface area contributed by atoms with Crippen molar-refractivity contribution in [2.75, 3.05) is 11.9 Å². The van der Waals surface area contributed by atoms with Crippen LogP contribution in [0.25, 0.3) is 21.7 Å². The summed E-state index contributed by atoms with van der Waals surface area (Å²) in [6, 6.07) is 15.1. The Balaban J connectivity index is 2.31. The molecule has 3 aromatic rings. The molecule has 0 saturated carbocycles. The summed E-state index contributed by atoms with van der Waals surface area (Å²) >= 11 is 0. The van der Waals surface area contributed by atoms with Crippen molar-refractivity contribution in [1.29, 1.82) is 0 Å². The van der Waals surface area contributed by atoms with Gasteiger partial charge >= 0.3 is 0 Å². The van der Waals surface area contributed by atoms with Gasteiger partial charge in [0.1, 0.15) is 0 Å². The zero-order chi connectivity index (χ0) is 14.8. The Hall–Kier alpha value is -2.09. The summed E-state index contributed by atoms with van der Waals surface area (Å²) < 4.78 is 0. The summed E-state index contributed by atoms with van der Waals surface area (Å²) in [6.07, 6.45) is 1.12. The lowest BCUT2D eigenvalue weighted by Crippen LogP contribution is -2.03. The average Bonchev–Trinajstić information content (AvgIpc) is 2.52. The molecule has 0 saturated heterocycles. The van der Waals surface area contributed by atoms with Gasteiger partial charge in [-0.3, -0.25) is 4.98 Å². The number of benzene rings is 2. The van der Waals surface area contributed by atoms with E-state index in [1.54, 1.807) is 0 Å². The zero-order valence-electron chi connectivity index (χ0n) is 13.0. The number of aromatic nitrogens is 1. The smallest absolute Gasteiger partial charge is 0.0804 e. The SMILES string of the molecule is CCCNc1cc(C(C)C)nc2c1ccc1ccccc12. The molecule has 0 spiro atoms. The van der Waals surface area contributed by atoms with E-state index in [0.29, 0.717) is 5.92 Å². The maximum absolute atomic E-state index is 4.93. The molecule has 1 N–H and O–H groups in total. The first-order valence-corrected chi connectivity index (χ1v) is 7.77. The lowest BCUT2D eigenvalue weighted by atomic mass is 10.0. The van der Waals surface area contributed by atoms with Crippen molar-refractivity contribution in [3.8, 4) is 0 Å². The fraction of sp³-hybridized carbons (Fsp3) is 0.316. The first-order valence-electron chi connectivity index (χ1n) is 7.77. The van der Waals surface area contributed by atoms with E-state index in [0.717, 1.165) is 24.2 Å². The van der Waals surface area contributed by atoms with Crippen molar-refractivity contribution < 1.29 is 0 Å². The predicted octanol–water partition coefficient (Wildman–Crippen LogP) is 5.33. The first kappa shape index (κ1) is 13.9. The van der Waals surface area contributed by atoms with E-state index in [2.05, 4.69) is 68.6 Å². The molecule has 0 aliphatic carbocycles. The third-order valence-electron chi connectivity index (χ3n) is 3.88. The molecule has 0 fully saturated rings. The summed E-state index contributed by atoms with van der Waals surface area (Å²) in [5.74, 6) is 0.426. The minimum Gasteiger partial charge on any atom is -0.384 e. The van der Waals surface area contributed by atoms with Crippen molar-refractivity contribution in [2.45, 2.75) is 33.1 Å². The Labute approximate surface area is 126 Å². The molecule has 0 radical (unpaired) electrons. The van der Waals surface area contributed by atoms with Crippen LogP contribution in [0.3, 0.4) is 0 Å². The molecule has 0 aliphatic heterocycles. The summed E-state index contributed by atoms with van der Waals surface area (Å²) in [7, 11) is 0. The van der Waals surface area contributed by atoms with Crippen LogP contribution in [0.15, 0.2) is 42.5 Å². The second-order valence-corrected chi connectivity index (χ2v) is 5.86. The first-order chi connectivity index (χ1) is 10.2. The molecular formula is C19H22N2.